The lowest BCUT2D eigenvalue weighted by atomic mass is 10.2. The molecule has 0 radical (unpaired) electrons. The number of rotatable bonds is 5. The molecule has 4 aromatic rings. The number of hydrogen-bond donors (Lipinski definition) is 0. The first-order valence-electron chi connectivity index (χ1n) is 9.01. The van der Waals surface area contributed by atoms with Crippen molar-refractivity contribution in [2.75, 3.05) is 13.6 Å². The number of pyridine rings is 1. The highest BCUT2D eigenvalue weighted by Crippen LogP contribution is 2.29. The fraction of sp³-hybridized carbons (Fsp3) is 0.182. The number of carbonyl (C=O) groups is 1. The van der Waals surface area contributed by atoms with Crippen LogP contribution < -0.4 is 0 Å². The summed E-state index contributed by atoms with van der Waals surface area (Å²) in [5.74, 6) is 0.0344. The highest BCUT2D eigenvalue weighted by Gasteiger charge is 2.19. The summed E-state index contributed by atoms with van der Waals surface area (Å²) in [5, 5.41) is 3.14. The van der Waals surface area contributed by atoms with Crippen molar-refractivity contribution in [1.82, 2.24) is 14.3 Å². The summed E-state index contributed by atoms with van der Waals surface area (Å²) in [5.41, 5.74) is 4.74. The van der Waals surface area contributed by atoms with Gasteiger partial charge in [0, 0.05) is 31.6 Å². The van der Waals surface area contributed by atoms with Crippen molar-refractivity contribution in [1.29, 1.82) is 0 Å². The maximum Gasteiger partial charge on any atom is 0.255 e. The fourth-order valence-corrected chi connectivity index (χ4v) is 3.97. The maximum atomic E-state index is 12.8. The third kappa shape index (κ3) is 3.38. The molecular formula is C22H21N3OS. The minimum atomic E-state index is 0.0344. The Kier molecular flexibility index (Phi) is 4.77. The number of nitrogens with zero attached hydrogens (tertiary/aromatic N) is 3. The van der Waals surface area contributed by atoms with E-state index in [4.69, 9.17) is 4.98 Å². The molecule has 0 saturated carbocycles. The van der Waals surface area contributed by atoms with Crippen LogP contribution in [0.2, 0.25) is 0 Å². The van der Waals surface area contributed by atoms with Crippen LogP contribution in [0.3, 0.4) is 0 Å². The van der Waals surface area contributed by atoms with E-state index in [1.165, 1.54) is 5.56 Å². The molecule has 3 heterocycles. The lowest BCUT2D eigenvalue weighted by molar-refractivity contribution is 0.0804. The molecule has 5 heteroatoms. The van der Waals surface area contributed by atoms with Crippen LogP contribution in [0.15, 0.2) is 66.2 Å². The second-order valence-corrected chi connectivity index (χ2v) is 7.45. The van der Waals surface area contributed by atoms with Gasteiger partial charge in [-0.2, -0.15) is 0 Å². The van der Waals surface area contributed by atoms with Crippen LogP contribution in [-0.2, 0) is 6.42 Å². The highest BCUT2D eigenvalue weighted by atomic mass is 32.1. The molecule has 0 aliphatic carbocycles. The van der Waals surface area contributed by atoms with E-state index in [1.807, 2.05) is 62.6 Å². The summed E-state index contributed by atoms with van der Waals surface area (Å²) < 4.78 is 2.05. The van der Waals surface area contributed by atoms with E-state index in [2.05, 4.69) is 21.9 Å². The molecule has 0 aliphatic heterocycles. The zero-order chi connectivity index (χ0) is 18.8. The molecule has 0 aliphatic rings. The van der Waals surface area contributed by atoms with E-state index in [-0.39, 0.29) is 5.91 Å². The molecule has 27 heavy (non-hydrogen) atoms. The van der Waals surface area contributed by atoms with Crippen molar-refractivity contribution < 1.29 is 4.79 Å². The summed E-state index contributed by atoms with van der Waals surface area (Å²) in [6.45, 7) is 2.66. The van der Waals surface area contributed by atoms with Gasteiger partial charge in [0.25, 0.3) is 5.91 Å². The van der Waals surface area contributed by atoms with Gasteiger partial charge in [0.1, 0.15) is 0 Å². The van der Waals surface area contributed by atoms with Crippen LogP contribution in [0.25, 0.3) is 16.9 Å². The van der Waals surface area contributed by atoms with E-state index in [0.717, 1.165) is 28.3 Å². The monoisotopic (exact) mass is 375 g/mol. The van der Waals surface area contributed by atoms with Gasteiger partial charge in [0.2, 0.25) is 0 Å². The molecule has 0 fully saturated rings. The smallest absolute Gasteiger partial charge is 0.255 e. The zero-order valence-corrected chi connectivity index (χ0v) is 16.2. The molecule has 0 spiro atoms. The molecule has 0 atom stereocenters. The molecule has 4 rings (SSSR count). The molecule has 4 nitrogen and oxygen atoms in total. The second kappa shape index (κ2) is 7.37. The van der Waals surface area contributed by atoms with Crippen LogP contribution in [0.4, 0.5) is 0 Å². The topological polar surface area (TPSA) is 37.6 Å². The van der Waals surface area contributed by atoms with Crippen molar-refractivity contribution in [3.63, 3.8) is 0 Å². The first-order chi connectivity index (χ1) is 13.2. The first kappa shape index (κ1) is 17.5. The second-order valence-electron chi connectivity index (χ2n) is 6.51. The number of benzene rings is 1. The summed E-state index contributed by atoms with van der Waals surface area (Å²) in [6, 6.07) is 18.2. The molecule has 1 amide bonds. The van der Waals surface area contributed by atoms with E-state index in [9.17, 15) is 4.79 Å². The number of fused-ring (bicyclic) bond motifs is 1. The zero-order valence-electron chi connectivity index (χ0n) is 15.4. The van der Waals surface area contributed by atoms with Crippen molar-refractivity contribution in [2.24, 2.45) is 0 Å². The number of carbonyl (C=O) groups excluding carboxylic acids is 1. The standard InChI is InChI=1S/C22H21N3OS/c1-3-24(2)22(26)17-14-20(25-12-8-7-11-19(17)25)18-15-27-21(23-18)13-16-9-5-4-6-10-16/h4-12,14-15H,3,13H2,1-2H3. The Morgan fingerprint density at radius 2 is 1.93 bits per heavy atom. The largest absolute Gasteiger partial charge is 0.342 e. The third-order valence-electron chi connectivity index (χ3n) is 4.74. The van der Waals surface area contributed by atoms with Crippen LogP contribution in [0.5, 0.6) is 0 Å². The van der Waals surface area contributed by atoms with E-state index >= 15 is 0 Å². The summed E-state index contributed by atoms with van der Waals surface area (Å²) in [6.07, 6.45) is 2.81. The quantitative estimate of drug-likeness (QED) is 0.505. The molecule has 1 aromatic carbocycles. The number of thiazole rings is 1. The van der Waals surface area contributed by atoms with Gasteiger partial charge in [0.15, 0.2) is 0 Å². The Bertz CT molecular complexity index is 1080. The van der Waals surface area contributed by atoms with Gasteiger partial charge in [-0.3, -0.25) is 4.79 Å². The lowest BCUT2D eigenvalue weighted by Crippen LogP contribution is -2.25. The Balaban J connectivity index is 1.73. The van der Waals surface area contributed by atoms with Gasteiger partial charge in [0.05, 0.1) is 27.5 Å². The number of amides is 1. The van der Waals surface area contributed by atoms with Crippen molar-refractivity contribution >= 4 is 22.8 Å². The third-order valence-corrected chi connectivity index (χ3v) is 5.59. The minimum Gasteiger partial charge on any atom is -0.342 e. The minimum absolute atomic E-state index is 0.0344. The Morgan fingerprint density at radius 1 is 1.15 bits per heavy atom. The van der Waals surface area contributed by atoms with Gasteiger partial charge in [-0.15, -0.1) is 11.3 Å². The average Bonchev–Trinajstić information content (AvgIpc) is 3.32. The average molecular weight is 375 g/mol. The van der Waals surface area contributed by atoms with Crippen LogP contribution in [0, 0.1) is 0 Å². The van der Waals surface area contributed by atoms with Gasteiger partial charge < -0.3 is 9.30 Å². The van der Waals surface area contributed by atoms with Crippen molar-refractivity contribution in [3.8, 4) is 11.4 Å². The predicted molar refractivity (Wildman–Crippen MR) is 110 cm³/mol. The van der Waals surface area contributed by atoms with E-state index < -0.39 is 0 Å². The fourth-order valence-electron chi connectivity index (χ4n) is 3.15. The molecule has 0 bridgehead atoms. The number of hydrogen-bond acceptors (Lipinski definition) is 3. The normalized spacial score (nSPS) is 11.0. The first-order valence-corrected chi connectivity index (χ1v) is 9.89. The SMILES string of the molecule is CCN(C)C(=O)c1cc(-c2csc(Cc3ccccc3)n2)n2ccccc12. The van der Waals surface area contributed by atoms with Gasteiger partial charge in [-0.25, -0.2) is 4.98 Å². The molecule has 0 unspecified atom stereocenters. The molecular weight excluding hydrogens is 354 g/mol. The molecule has 3 aromatic heterocycles. The van der Waals surface area contributed by atoms with Crippen molar-refractivity contribution in [3.05, 3.63) is 82.3 Å². The lowest BCUT2D eigenvalue weighted by Gasteiger charge is -2.13. The van der Waals surface area contributed by atoms with Crippen LogP contribution >= 0.6 is 11.3 Å². The molecule has 0 saturated heterocycles. The summed E-state index contributed by atoms with van der Waals surface area (Å²) in [7, 11) is 1.83. The van der Waals surface area contributed by atoms with Gasteiger partial charge >= 0.3 is 0 Å². The predicted octanol–water partition coefficient (Wildman–Crippen LogP) is 4.75. The highest BCUT2D eigenvalue weighted by molar-refractivity contribution is 7.10. The number of aromatic nitrogens is 2. The van der Waals surface area contributed by atoms with Crippen molar-refractivity contribution in [2.45, 2.75) is 13.3 Å². The van der Waals surface area contributed by atoms with Gasteiger partial charge in [-0.1, -0.05) is 36.4 Å². The Labute approximate surface area is 162 Å². The summed E-state index contributed by atoms with van der Waals surface area (Å²) >= 11 is 1.66. The Hall–Kier alpha value is -2.92. The molecule has 136 valence electrons. The van der Waals surface area contributed by atoms with Crippen LogP contribution in [-0.4, -0.2) is 33.8 Å². The maximum absolute atomic E-state index is 12.8. The summed E-state index contributed by atoms with van der Waals surface area (Å²) in [4.78, 5) is 19.3. The Morgan fingerprint density at radius 3 is 2.70 bits per heavy atom. The van der Waals surface area contributed by atoms with Gasteiger partial charge in [-0.05, 0) is 30.7 Å². The van der Waals surface area contributed by atoms with E-state index in [0.29, 0.717) is 12.1 Å². The van der Waals surface area contributed by atoms with E-state index in [1.54, 1.807) is 16.2 Å². The van der Waals surface area contributed by atoms with Crippen LogP contribution in [0.1, 0.15) is 27.9 Å². The molecule has 0 N–H and O–H groups in total.